The molecule has 0 fully saturated rings. The number of fused-ring (bicyclic) bond motifs is 1. The third kappa shape index (κ3) is 4.54. The highest BCUT2D eigenvalue weighted by Crippen LogP contribution is 2.23. The highest BCUT2D eigenvalue weighted by molar-refractivity contribution is 6.02. The number of hydrogen-bond donors (Lipinski definition) is 1. The van der Waals surface area contributed by atoms with Crippen LogP contribution in [-0.2, 0) is 4.79 Å². The number of rotatable bonds is 5. The van der Waals surface area contributed by atoms with Crippen LogP contribution in [-0.4, -0.2) is 20.9 Å². The maximum Gasteiger partial charge on any atom is 0.248 e. The summed E-state index contributed by atoms with van der Waals surface area (Å²) in [5.74, 6) is 0.0555. The van der Waals surface area contributed by atoms with Crippen molar-refractivity contribution in [3.8, 4) is 17.0 Å². The van der Waals surface area contributed by atoms with E-state index in [1.165, 1.54) is 35.1 Å². The number of nitrogens with one attached hydrogen (secondary N) is 1. The maximum atomic E-state index is 13.1. The van der Waals surface area contributed by atoms with Crippen LogP contribution in [0.3, 0.4) is 0 Å². The van der Waals surface area contributed by atoms with Crippen LogP contribution in [0, 0.1) is 11.6 Å². The van der Waals surface area contributed by atoms with Crippen molar-refractivity contribution in [1.29, 1.82) is 0 Å². The Kier molecular flexibility index (Phi) is 5.24. The summed E-state index contributed by atoms with van der Waals surface area (Å²) in [6.45, 7) is 0. The standard InChI is InChI=1S/C25H16F2N4O2/c26-17-3-1-16(2-4-17)24-13-10-21(33-24)11-14-25(32)28-19-7-12-22-23(15-19)30-31(29-22)20-8-5-18(27)6-9-20/h1-15H,(H,28,32)/b14-11+. The first-order valence-electron chi connectivity index (χ1n) is 10.0. The predicted molar refractivity (Wildman–Crippen MR) is 121 cm³/mol. The van der Waals surface area contributed by atoms with Gasteiger partial charge in [-0.15, -0.1) is 10.2 Å². The van der Waals surface area contributed by atoms with Gasteiger partial charge in [0.05, 0.1) is 5.69 Å². The van der Waals surface area contributed by atoms with Gasteiger partial charge in [-0.1, -0.05) is 0 Å². The van der Waals surface area contributed by atoms with Crippen molar-refractivity contribution < 1.29 is 18.0 Å². The topological polar surface area (TPSA) is 73.0 Å². The molecule has 0 unspecified atom stereocenters. The van der Waals surface area contributed by atoms with Crippen LogP contribution in [0.1, 0.15) is 5.76 Å². The molecule has 2 heterocycles. The van der Waals surface area contributed by atoms with Crippen LogP contribution < -0.4 is 5.32 Å². The van der Waals surface area contributed by atoms with Crippen LogP contribution in [0.15, 0.2) is 89.4 Å². The normalized spacial score (nSPS) is 11.3. The lowest BCUT2D eigenvalue weighted by molar-refractivity contribution is -0.111. The molecule has 5 rings (SSSR count). The van der Waals surface area contributed by atoms with Gasteiger partial charge in [0.25, 0.3) is 0 Å². The van der Waals surface area contributed by atoms with Crippen LogP contribution >= 0.6 is 0 Å². The van der Waals surface area contributed by atoms with Gasteiger partial charge in [-0.2, -0.15) is 4.80 Å². The molecule has 5 aromatic rings. The van der Waals surface area contributed by atoms with Crippen molar-refractivity contribution in [1.82, 2.24) is 15.0 Å². The van der Waals surface area contributed by atoms with Crippen molar-refractivity contribution in [2.45, 2.75) is 0 Å². The van der Waals surface area contributed by atoms with E-state index in [9.17, 15) is 13.6 Å². The summed E-state index contributed by atoms with van der Waals surface area (Å²) in [7, 11) is 0. The van der Waals surface area contributed by atoms with Gasteiger partial charge in [-0.05, 0) is 84.9 Å². The van der Waals surface area contributed by atoms with Crippen LogP contribution in [0.5, 0.6) is 0 Å². The molecule has 0 aliphatic carbocycles. The van der Waals surface area contributed by atoms with Gasteiger partial charge >= 0.3 is 0 Å². The van der Waals surface area contributed by atoms with Crippen LogP contribution in [0.25, 0.3) is 34.1 Å². The number of aromatic nitrogens is 3. The van der Waals surface area contributed by atoms with Gasteiger partial charge in [0.1, 0.15) is 34.2 Å². The van der Waals surface area contributed by atoms with Gasteiger partial charge in [0, 0.05) is 17.3 Å². The van der Waals surface area contributed by atoms with Crippen molar-refractivity contribution in [3.05, 3.63) is 102 Å². The van der Waals surface area contributed by atoms with Gasteiger partial charge in [0.2, 0.25) is 5.91 Å². The molecule has 3 aromatic carbocycles. The first-order chi connectivity index (χ1) is 16.0. The van der Waals surface area contributed by atoms with Crippen LogP contribution in [0.4, 0.5) is 14.5 Å². The Bertz CT molecular complexity index is 1470. The molecule has 0 atom stereocenters. The highest BCUT2D eigenvalue weighted by Gasteiger charge is 2.08. The molecule has 162 valence electrons. The second-order valence-electron chi connectivity index (χ2n) is 7.20. The Labute approximate surface area is 186 Å². The predicted octanol–water partition coefficient (Wildman–Crippen LogP) is 5.61. The summed E-state index contributed by atoms with van der Waals surface area (Å²) in [5.41, 5.74) is 3.13. The minimum atomic E-state index is -0.347. The second kappa shape index (κ2) is 8.51. The fraction of sp³-hybridized carbons (Fsp3) is 0. The number of carbonyl (C=O) groups excluding carboxylic acids is 1. The quantitative estimate of drug-likeness (QED) is 0.359. The average molecular weight is 442 g/mol. The van der Waals surface area contributed by atoms with E-state index in [0.29, 0.717) is 33.9 Å². The number of anilines is 1. The minimum absolute atomic E-state index is 0.321. The maximum absolute atomic E-state index is 13.1. The van der Waals surface area contributed by atoms with Crippen LogP contribution in [0.2, 0.25) is 0 Å². The molecule has 2 aromatic heterocycles. The van der Waals surface area contributed by atoms with Gasteiger partial charge < -0.3 is 9.73 Å². The van der Waals surface area contributed by atoms with E-state index in [2.05, 4.69) is 15.5 Å². The lowest BCUT2D eigenvalue weighted by Gasteiger charge is -2.00. The minimum Gasteiger partial charge on any atom is -0.457 e. The zero-order chi connectivity index (χ0) is 22.8. The Hall–Kier alpha value is -4.59. The van der Waals surface area contributed by atoms with Crippen molar-refractivity contribution in [2.75, 3.05) is 5.32 Å². The molecule has 0 aliphatic rings. The van der Waals surface area contributed by atoms with E-state index in [1.54, 1.807) is 60.7 Å². The Morgan fingerprint density at radius 3 is 2.30 bits per heavy atom. The summed E-state index contributed by atoms with van der Waals surface area (Å²) in [5, 5.41) is 11.5. The Morgan fingerprint density at radius 1 is 0.848 bits per heavy atom. The van der Waals surface area contributed by atoms with Crippen molar-refractivity contribution >= 4 is 28.7 Å². The average Bonchev–Trinajstić information content (AvgIpc) is 3.46. The summed E-state index contributed by atoms with van der Waals surface area (Å²) < 4.78 is 31.9. The molecule has 0 saturated carbocycles. The molecule has 1 amide bonds. The smallest absolute Gasteiger partial charge is 0.248 e. The SMILES string of the molecule is O=C(/C=C/c1ccc(-c2ccc(F)cc2)o1)Nc1ccc2nn(-c3ccc(F)cc3)nc2c1. The van der Waals surface area contributed by atoms with E-state index in [-0.39, 0.29) is 17.5 Å². The molecule has 0 spiro atoms. The number of hydrogen-bond acceptors (Lipinski definition) is 4. The van der Waals surface area contributed by atoms with E-state index in [4.69, 9.17) is 4.42 Å². The first-order valence-corrected chi connectivity index (χ1v) is 10.0. The number of halogens is 2. The monoisotopic (exact) mass is 442 g/mol. The fourth-order valence-electron chi connectivity index (χ4n) is 3.24. The molecule has 0 radical (unpaired) electrons. The van der Waals surface area contributed by atoms with Crippen molar-refractivity contribution in [3.63, 3.8) is 0 Å². The molecule has 0 saturated heterocycles. The molecule has 0 aliphatic heterocycles. The van der Waals surface area contributed by atoms with E-state index >= 15 is 0 Å². The molecular formula is C25H16F2N4O2. The Morgan fingerprint density at radius 2 is 1.55 bits per heavy atom. The van der Waals surface area contributed by atoms with E-state index in [0.717, 1.165) is 5.56 Å². The fourth-order valence-corrected chi connectivity index (χ4v) is 3.24. The Balaban J connectivity index is 1.27. The molecule has 8 heteroatoms. The summed E-state index contributed by atoms with van der Waals surface area (Å²) >= 11 is 0. The lowest BCUT2D eigenvalue weighted by Crippen LogP contribution is -2.07. The molecule has 1 N–H and O–H groups in total. The van der Waals surface area contributed by atoms with Gasteiger partial charge in [0.15, 0.2) is 0 Å². The van der Waals surface area contributed by atoms with Gasteiger partial charge in [-0.25, -0.2) is 8.78 Å². The summed E-state index contributed by atoms with van der Waals surface area (Å²) in [6.07, 6.45) is 2.90. The van der Waals surface area contributed by atoms with Gasteiger partial charge in [-0.3, -0.25) is 4.79 Å². The third-order valence-electron chi connectivity index (χ3n) is 4.86. The van der Waals surface area contributed by atoms with E-state index < -0.39 is 0 Å². The summed E-state index contributed by atoms with van der Waals surface area (Å²) in [6, 6.07) is 20.4. The van der Waals surface area contributed by atoms with E-state index in [1.807, 2.05) is 0 Å². The number of benzene rings is 3. The molecule has 6 nitrogen and oxygen atoms in total. The molecule has 0 bridgehead atoms. The largest absolute Gasteiger partial charge is 0.457 e. The zero-order valence-corrected chi connectivity index (χ0v) is 17.1. The number of furan rings is 1. The summed E-state index contributed by atoms with van der Waals surface area (Å²) in [4.78, 5) is 13.7. The zero-order valence-electron chi connectivity index (χ0n) is 17.1. The second-order valence-corrected chi connectivity index (χ2v) is 7.20. The first kappa shape index (κ1) is 20.3. The highest BCUT2D eigenvalue weighted by atomic mass is 19.1. The molecular weight excluding hydrogens is 426 g/mol. The van der Waals surface area contributed by atoms with Crippen molar-refractivity contribution in [2.24, 2.45) is 0 Å². The number of nitrogens with zero attached hydrogens (tertiary/aromatic N) is 3. The number of carbonyl (C=O) groups is 1. The number of amides is 1. The molecule has 33 heavy (non-hydrogen) atoms. The third-order valence-corrected chi connectivity index (χ3v) is 4.86. The lowest BCUT2D eigenvalue weighted by atomic mass is 10.2.